The summed E-state index contributed by atoms with van der Waals surface area (Å²) in [5, 5.41) is 4.00. The molecule has 0 aliphatic rings. The van der Waals surface area contributed by atoms with Crippen LogP contribution in [-0.2, 0) is 13.7 Å². The van der Waals surface area contributed by atoms with Gasteiger partial charge < -0.3 is 19.4 Å². The van der Waals surface area contributed by atoms with Crippen LogP contribution in [-0.4, -0.2) is 22.1 Å². The number of ether oxygens (including phenoxy) is 2. The summed E-state index contributed by atoms with van der Waals surface area (Å²) in [6.07, 6.45) is 5.45. The average molecular weight is 401 g/mol. The molecule has 2 aromatic carbocycles. The standard InChI is InChI=1S/C24H23N3O3/c1-3-29-23-14-18(9-10-22(23)30-16-17-6-5-12-25-15-17)24(28)26-20-7-4-8-21-19(20)11-13-27(21)2/h4-15H,3,16H2,1-2H3,(H,26,28). The zero-order valence-electron chi connectivity index (χ0n) is 17.0. The molecule has 4 rings (SSSR count). The lowest BCUT2D eigenvalue weighted by Gasteiger charge is -2.14. The fraction of sp³-hybridized carbons (Fsp3) is 0.167. The summed E-state index contributed by atoms with van der Waals surface area (Å²) in [5.41, 5.74) is 3.28. The number of aryl methyl sites for hydroxylation is 1. The van der Waals surface area contributed by atoms with Gasteiger partial charge in [0.15, 0.2) is 11.5 Å². The van der Waals surface area contributed by atoms with Gasteiger partial charge in [-0.05, 0) is 49.4 Å². The normalized spacial score (nSPS) is 10.7. The third-order valence-electron chi connectivity index (χ3n) is 4.80. The lowest BCUT2D eigenvalue weighted by atomic mass is 10.1. The van der Waals surface area contributed by atoms with Gasteiger partial charge in [-0.2, -0.15) is 0 Å². The van der Waals surface area contributed by atoms with Gasteiger partial charge in [0.2, 0.25) is 0 Å². The van der Waals surface area contributed by atoms with Gasteiger partial charge in [-0.3, -0.25) is 9.78 Å². The molecule has 0 saturated heterocycles. The van der Waals surface area contributed by atoms with Crippen molar-refractivity contribution in [2.45, 2.75) is 13.5 Å². The van der Waals surface area contributed by atoms with E-state index in [1.807, 2.05) is 61.1 Å². The second-order valence-electron chi connectivity index (χ2n) is 6.86. The number of aromatic nitrogens is 2. The number of anilines is 1. The van der Waals surface area contributed by atoms with Crippen LogP contribution in [0.25, 0.3) is 10.9 Å². The number of hydrogen-bond acceptors (Lipinski definition) is 4. The summed E-state index contributed by atoms with van der Waals surface area (Å²) in [6.45, 7) is 2.74. The zero-order valence-corrected chi connectivity index (χ0v) is 17.0. The van der Waals surface area contributed by atoms with Crippen LogP contribution in [0.2, 0.25) is 0 Å². The van der Waals surface area contributed by atoms with Crippen molar-refractivity contribution in [3.63, 3.8) is 0 Å². The molecule has 0 bridgehead atoms. The highest BCUT2D eigenvalue weighted by molar-refractivity contribution is 6.09. The maximum absolute atomic E-state index is 12.9. The van der Waals surface area contributed by atoms with Crippen molar-refractivity contribution in [1.29, 1.82) is 0 Å². The van der Waals surface area contributed by atoms with Gasteiger partial charge in [0.1, 0.15) is 6.61 Å². The molecule has 0 unspecified atom stereocenters. The van der Waals surface area contributed by atoms with Crippen LogP contribution < -0.4 is 14.8 Å². The molecular weight excluding hydrogens is 378 g/mol. The van der Waals surface area contributed by atoms with Gasteiger partial charge >= 0.3 is 0 Å². The Hall–Kier alpha value is -3.80. The van der Waals surface area contributed by atoms with Crippen molar-refractivity contribution < 1.29 is 14.3 Å². The van der Waals surface area contributed by atoms with E-state index in [2.05, 4.69) is 10.3 Å². The number of pyridine rings is 1. The van der Waals surface area contributed by atoms with Crippen LogP contribution in [0.3, 0.4) is 0 Å². The van der Waals surface area contributed by atoms with E-state index in [1.54, 1.807) is 30.6 Å². The Kier molecular flexibility index (Phi) is 5.66. The van der Waals surface area contributed by atoms with Crippen LogP contribution in [0.15, 0.2) is 73.2 Å². The third kappa shape index (κ3) is 4.12. The van der Waals surface area contributed by atoms with Crippen LogP contribution in [0.1, 0.15) is 22.8 Å². The molecule has 0 saturated carbocycles. The van der Waals surface area contributed by atoms with Gasteiger partial charge in [0.25, 0.3) is 5.91 Å². The maximum atomic E-state index is 12.9. The molecule has 0 aliphatic heterocycles. The molecule has 4 aromatic rings. The van der Waals surface area contributed by atoms with Crippen LogP contribution in [0.4, 0.5) is 5.69 Å². The molecular formula is C24H23N3O3. The molecule has 2 heterocycles. The predicted octanol–water partition coefficient (Wildman–Crippen LogP) is 4.80. The lowest BCUT2D eigenvalue weighted by molar-refractivity contribution is 0.102. The number of carbonyl (C=O) groups is 1. The van der Waals surface area contributed by atoms with Crippen LogP contribution in [0, 0.1) is 0 Å². The molecule has 1 amide bonds. The van der Waals surface area contributed by atoms with Gasteiger partial charge in [0, 0.05) is 47.7 Å². The third-order valence-corrected chi connectivity index (χ3v) is 4.80. The van der Waals surface area contributed by atoms with E-state index < -0.39 is 0 Å². The average Bonchev–Trinajstić information content (AvgIpc) is 3.15. The number of fused-ring (bicyclic) bond motifs is 1. The summed E-state index contributed by atoms with van der Waals surface area (Å²) in [5.74, 6) is 0.917. The first-order valence-corrected chi connectivity index (χ1v) is 9.79. The molecule has 152 valence electrons. The van der Waals surface area contributed by atoms with E-state index in [-0.39, 0.29) is 5.91 Å². The molecule has 2 aromatic heterocycles. The van der Waals surface area contributed by atoms with Crippen molar-refractivity contribution in [1.82, 2.24) is 9.55 Å². The Balaban J connectivity index is 1.54. The Morgan fingerprint density at radius 3 is 2.77 bits per heavy atom. The molecule has 0 atom stereocenters. The topological polar surface area (TPSA) is 65.4 Å². The number of carbonyl (C=O) groups excluding carboxylic acids is 1. The summed E-state index contributed by atoms with van der Waals surface area (Å²) in [7, 11) is 1.98. The van der Waals surface area contributed by atoms with Gasteiger partial charge in [0.05, 0.1) is 12.3 Å². The second-order valence-corrected chi connectivity index (χ2v) is 6.86. The minimum absolute atomic E-state index is 0.203. The van der Waals surface area contributed by atoms with Crippen LogP contribution >= 0.6 is 0 Å². The highest BCUT2D eigenvalue weighted by Gasteiger charge is 2.14. The van der Waals surface area contributed by atoms with Gasteiger partial charge in [-0.15, -0.1) is 0 Å². The molecule has 6 heteroatoms. The number of benzene rings is 2. The van der Waals surface area contributed by atoms with Crippen molar-refractivity contribution in [2.24, 2.45) is 7.05 Å². The van der Waals surface area contributed by atoms with Gasteiger partial charge in [-0.25, -0.2) is 0 Å². The first-order chi connectivity index (χ1) is 14.7. The summed E-state index contributed by atoms with van der Waals surface area (Å²) in [6, 6.07) is 16.9. The molecule has 0 radical (unpaired) electrons. The van der Waals surface area contributed by atoms with E-state index >= 15 is 0 Å². The quantitative estimate of drug-likeness (QED) is 0.483. The lowest BCUT2D eigenvalue weighted by Crippen LogP contribution is -2.12. The van der Waals surface area contributed by atoms with E-state index in [1.165, 1.54) is 0 Å². The fourth-order valence-electron chi connectivity index (χ4n) is 3.29. The smallest absolute Gasteiger partial charge is 0.255 e. The monoisotopic (exact) mass is 401 g/mol. The first-order valence-electron chi connectivity index (χ1n) is 9.79. The molecule has 0 fully saturated rings. The fourth-order valence-corrected chi connectivity index (χ4v) is 3.29. The van der Waals surface area contributed by atoms with E-state index in [0.717, 1.165) is 22.2 Å². The Morgan fingerprint density at radius 1 is 1.07 bits per heavy atom. The van der Waals surface area contributed by atoms with E-state index in [4.69, 9.17) is 9.47 Å². The highest BCUT2D eigenvalue weighted by atomic mass is 16.5. The maximum Gasteiger partial charge on any atom is 0.255 e. The Bertz CT molecular complexity index is 1170. The summed E-state index contributed by atoms with van der Waals surface area (Å²) >= 11 is 0. The summed E-state index contributed by atoms with van der Waals surface area (Å²) in [4.78, 5) is 17.0. The van der Waals surface area contributed by atoms with Crippen molar-refractivity contribution >= 4 is 22.5 Å². The van der Waals surface area contributed by atoms with Gasteiger partial charge in [-0.1, -0.05) is 12.1 Å². The first kappa shape index (κ1) is 19.5. The predicted molar refractivity (Wildman–Crippen MR) is 117 cm³/mol. The number of hydrogen-bond donors (Lipinski definition) is 1. The second kappa shape index (κ2) is 8.69. The molecule has 6 nitrogen and oxygen atoms in total. The number of nitrogens with zero attached hydrogens (tertiary/aromatic N) is 2. The van der Waals surface area contributed by atoms with Crippen molar-refractivity contribution in [3.05, 3.63) is 84.3 Å². The molecule has 0 aliphatic carbocycles. The zero-order chi connectivity index (χ0) is 20.9. The minimum atomic E-state index is -0.203. The number of nitrogens with one attached hydrogen (secondary N) is 1. The summed E-state index contributed by atoms with van der Waals surface area (Å²) < 4.78 is 13.6. The van der Waals surface area contributed by atoms with Crippen molar-refractivity contribution in [2.75, 3.05) is 11.9 Å². The molecule has 1 N–H and O–H groups in total. The Morgan fingerprint density at radius 2 is 1.97 bits per heavy atom. The van der Waals surface area contributed by atoms with Crippen LogP contribution in [0.5, 0.6) is 11.5 Å². The number of rotatable bonds is 7. The number of amides is 1. The van der Waals surface area contributed by atoms with E-state index in [0.29, 0.717) is 30.3 Å². The molecule has 30 heavy (non-hydrogen) atoms. The SMILES string of the molecule is CCOc1cc(C(=O)Nc2cccc3c2ccn3C)ccc1OCc1cccnc1. The Labute approximate surface area is 175 Å². The molecule has 0 spiro atoms. The minimum Gasteiger partial charge on any atom is -0.490 e. The van der Waals surface area contributed by atoms with Crippen molar-refractivity contribution in [3.8, 4) is 11.5 Å². The largest absolute Gasteiger partial charge is 0.490 e. The highest BCUT2D eigenvalue weighted by Crippen LogP contribution is 2.30. The van der Waals surface area contributed by atoms with E-state index in [9.17, 15) is 4.79 Å².